The molecule has 0 saturated carbocycles. The number of benzene rings is 2. The lowest BCUT2D eigenvalue weighted by Crippen LogP contribution is -2.05. The normalized spacial score (nSPS) is 12.2. The third-order valence-corrected chi connectivity index (χ3v) is 3.06. The first-order valence-electron chi connectivity index (χ1n) is 6.53. The molecule has 20 heavy (non-hydrogen) atoms. The highest BCUT2D eigenvalue weighted by Crippen LogP contribution is 2.29. The summed E-state index contributed by atoms with van der Waals surface area (Å²) >= 11 is 0. The first kappa shape index (κ1) is 14.5. The highest BCUT2D eigenvalue weighted by molar-refractivity contribution is 5.39. The van der Waals surface area contributed by atoms with E-state index in [1.807, 2.05) is 18.2 Å². The molecule has 2 aromatic rings. The molecule has 4 heteroatoms. The standard InChI is InChI=1S/C16H18FNO2/c1-11(18)13-6-7-16(14(17)10-13)20-15-5-3-2-4-12(15)8-9-19/h2-7,10-11,19H,8-9,18H2,1H3. The van der Waals surface area contributed by atoms with Gasteiger partial charge in [0.2, 0.25) is 0 Å². The number of para-hydroxylation sites is 1. The summed E-state index contributed by atoms with van der Waals surface area (Å²) in [5.41, 5.74) is 7.27. The smallest absolute Gasteiger partial charge is 0.166 e. The maximum atomic E-state index is 14.0. The van der Waals surface area contributed by atoms with E-state index in [2.05, 4.69) is 0 Å². The Balaban J connectivity index is 2.26. The zero-order chi connectivity index (χ0) is 14.5. The van der Waals surface area contributed by atoms with Crippen LogP contribution in [0.1, 0.15) is 24.1 Å². The van der Waals surface area contributed by atoms with Gasteiger partial charge in [0.1, 0.15) is 5.75 Å². The molecular weight excluding hydrogens is 257 g/mol. The molecule has 0 spiro atoms. The summed E-state index contributed by atoms with van der Waals surface area (Å²) in [6.45, 7) is 1.82. The van der Waals surface area contributed by atoms with Crippen LogP contribution < -0.4 is 10.5 Å². The van der Waals surface area contributed by atoms with Crippen molar-refractivity contribution in [2.45, 2.75) is 19.4 Å². The molecule has 2 aromatic carbocycles. The molecule has 0 fully saturated rings. The van der Waals surface area contributed by atoms with Crippen LogP contribution in [0.2, 0.25) is 0 Å². The zero-order valence-corrected chi connectivity index (χ0v) is 11.3. The van der Waals surface area contributed by atoms with E-state index < -0.39 is 5.82 Å². The average Bonchev–Trinajstić information content (AvgIpc) is 2.43. The minimum atomic E-state index is -0.446. The maximum Gasteiger partial charge on any atom is 0.166 e. The first-order valence-corrected chi connectivity index (χ1v) is 6.53. The summed E-state index contributed by atoms with van der Waals surface area (Å²) in [7, 11) is 0. The van der Waals surface area contributed by atoms with Crippen molar-refractivity contribution in [3.8, 4) is 11.5 Å². The lowest BCUT2D eigenvalue weighted by molar-refractivity contribution is 0.297. The van der Waals surface area contributed by atoms with E-state index in [0.717, 1.165) is 11.1 Å². The molecule has 0 aliphatic heterocycles. The first-order chi connectivity index (χ1) is 9.61. The number of hydrogen-bond donors (Lipinski definition) is 2. The van der Waals surface area contributed by atoms with Gasteiger partial charge in [0.25, 0.3) is 0 Å². The largest absolute Gasteiger partial charge is 0.454 e. The van der Waals surface area contributed by atoms with Crippen molar-refractivity contribution in [3.05, 3.63) is 59.4 Å². The van der Waals surface area contributed by atoms with Crippen LogP contribution in [-0.4, -0.2) is 11.7 Å². The number of ether oxygens (including phenoxy) is 1. The Kier molecular flexibility index (Phi) is 4.71. The second-order valence-corrected chi connectivity index (χ2v) is 4.66. The quantitative estimate of drug-likeness (QED) is 0.881. The SMILES string of the molecule is CC(N)c1ccc(Oc2ccccc2CCO)c(F)c1. The molecule has 0 aromatic heterocycles. The second-order valence-electron chi connectivity index (χ2n) is 4.66. The summed E-state index contributed by atoms with van der Waals surface area (Å²) in [6.07, 6.45) is 0.468. The molecule has 3 N–H and O–H groups in total. The second kappa shape index (κ2) is 6.50. The molecule has 1 unspecified atom stereocenters. The van der Waals surface area contributed by atoms with Gasteiger partial charge >= 0.3 is 0 Å². The summed E-state index contributed by atoms with van der Waals surface area (Å²) in [4.78, 5) is 0. The average molecular weight is 275 g/mol. The minimum Gasteiger partial charge on any atom is -0.454 e. The van der Waals surface area contributed by atoms with E-state index in [9.17, 15) is 4.39 Å². The molecular formula is C16H18FNO2. The van der Waals surface area contributed by atoms with Gasteiger partial charge in [0.05, 0.1) is 0 Å². The van der Waals surface area contributed by atoms with Gasteiger partial charge in [-0.3, -0.25) is 0 Å². The Morgan fingerprint density at radius 1 is 1.20 bits per heavy atom. The molecule has 0 aliphatic rings. The van der Waals surface area contributed by atoms with E-state index in [-0.39, 0.29) is 18.4 Å². The van der Waals surface area contributed by atoms with Gasteiger partial charge in [-0.1, -0.05) is 24.3 Å². The van der Waals surface area contributed by atoms with Gasteiger partial charge in [-0.05, 0) is 42.7 Å². The Bertz CT molecular complexity index is 584. The van der Waals surface area contributed by atoms with E-state index in [0.29, 0.717) is 12.2 Å². The Labute approximate surface area is 117 Å². The van der Waals surface area contributed by atoms with Crippen molar-refractivity contribution in [1.29, 1.82) is 0 Å². The van der Waals surface area contributed by atoms with Gasteiger partial charge in [0.15, 0.2) is 11.6 Å². The van der Waals surface area contributed by atoms with Crippen molar-refractivity contribution < 1.29 is 14.2 Å². The van der Waals surface area contributed by atoms with Crippen LogP contribution in [0.25, 0.3) is 0 Å². The van der Waals surface area contributed by atoms with Gasteiger partial charge in [-0.25, -0.2) is 4.39 Å². The molecule has 0 saturated heterocycles. The molecule has 106 valence electrons. The maximum absolute atomic E-state index is 14.0. The van der Waals surface area contributed by atoms with Crippen LogP contribution in [0.3, 0.4) is 0 Å². The number of aliphatic hydroxyl groups excluding tert-OH is 1. The number of hydrogen-bond acceptors (Lipinski definition) is 3. The van der Waals surface area contributed by atoms with Crippen molar-refractivity contribution in [2.75, 3.05) is 6.61 Å². The zero-order valence-electron chi connectivity index (χ0n) is 11.3. The summed E-state index contributed by atoms with van der Waals surface area (Å²) in [5, 5.41) is 9.02. The highest BCUT2D eigenvalue weighted by Gasteiger charge is 2.10. The van der Waals surface area contributed by atoms with Crippen LogP contribution in [0, 0.1) is 5.82 Å². The fourth-order valence-electron chi connectivity index (χ4n) is 1.93. The molecule has 0 radical (unpaired) electrons. The predicted molar refractivity (Wildman–Crippen MR) is 76.3 cm³/mol. The van der Waals surface area contributed by atoms with Crippen molar-refractivity contribution >= 4 is 0 Å². The highest BCUT2D eigenvalue weighted by atomic mass is 19.1. The summed E-state index contributed by atoms with van der Waals surface area (Å²) in [5.74, 6) is 0.257. The summed E-state index contributed by atoms with van der Waals surface area (Å²) in [6, 6.07) is 11.7. The third kappa shape index (κ3) is 3.35. The van der Waals surface area contributed by atoms with Gasteiger partial charge in [-0.15, -0.1) is 0 Å². The van der Waals surface area contributed by atoms with Crippen LogP contribution in [0.5, 0.6) is 11.5 Å². The fourth-order valence-corrected chi connectivity index (χ4v) is 1.93. The molecule has 0 bridgehead atoms. The van der Waals surface area contributed by atoms with E-state index in [1.54, 1.807) is 25.1 Å². The third-order valence-electron chi connectivity index (χ3n) is 3.06. The van der Waals surface area contributed by atoms with E-state index in [4.69, 9.17) is 15.6 Å². The summed E-state index contributed by atoms with van der Waals surface area (Å²) < 4.78 is 19.6. The number of rotatable bonds is 5. The molecule has 0 amide bonds. The molecule has 0 heterocycles. The monoisotopic (exact) mass is 275 g/mol. The lowest BCUT2D eigenvalue weighted by atomic mass is 10.1. The van der Waals surface area contributed by atoms with E-state index in [1.165, 1.54) is 6.07 Å². The Morgan fingerprint density at radius 2 is 1.95 bits per heavy atom. The lowest BCUT2D eigenvalue weighted by Gasteiger charge is -2.12. The number of aliphatic hydroxyl groups is 1. The Hall–Kier alpha value is -1.91. The fraction of sp³-hybridized carbons (Fsp3) is 0.250. The van der Waals surface area contributed by atoms with Crippen LogP contribution in [0.15, 0.2) is 42.5 Å². The molecule has 2 rings (SSSR count). The van der Waals surface area contributed by atoms with Crippen LogP contribution in [-0.2, 0) is 6.42 Å². The molecule has 1 atom stereocenters. The Morgan fingerprint density at radius 3 is 2.60 bits per heavy atom. The topological polar surface area (TPSA) is 55.5 Å². The van der Waals surface area contributed by atoms with Gasteiger partial charge in [0, 0.05) is 12.6 Å². The number of halogens is 1. The van der Waals surface area contributed by atoms with Crippen molar-refractivity contribution in [1.82, 2.24) is 0 Å². The van der Waals surface area contributed by atoms with Gasteiger partial charge < -0.3 is 15.6 Å². The molecule has 3 nitrogen and oxygen atoms in total. The van der Waals surface area contributed by atoms with E-state index >= 15 is 0 Å². The number of nitrogens with two attached hydrogens (primary N) is 1. The van der Waals surface area contributed by atoms with Crippen LogP contribution in [0.4, 0.5) is 4.39 Å². The van der Waals surface area contributed by atoms with Gasteiger partial charge in [-0.2, -0.15) is 0 Å². The van der Waals surface area contributed by atoms with Crippen molar-refractivity contribution in [2.24, 2.45) is 5.73 Å². The van der Waals surface area contributed by atoms with Crippen LogP contribution >= 0.6 is 0 Å². The van der Waals surface area contributed by atoms with Crippen molar-refractivity contribution in [3.63, 3.8) is 0 Å². The molecule has 0 aliphatic carbocycles. The predicted octanol–water partition coefficient (Wildman–Crippen LogP) is 3.17. The minimum absolute atomic E-state index is 0.0203.